The van der Waals surface area contributed by atoms with E-state index in [1.165, 1.54) is 6.07 Å². The molecule has 0 saturated carbocycles. The number of likely N-dealkylation sites (tertiary alicyclic amines) is 1. The summed E-state index contributed by atoms with van der Waals surface area (Å²) in [5, 5.41) is 11.3. The molecule has 0 bridgehead atoms. The lowest BCUT2D eigenvalue weighted by Crippen LogP contribution is -2.53. The standard InChI is InChI=1S/C32H39FN6O4.C2H4/c33-28-6-5-22(20-29-25-3-1-2-4-26(25)31(41)36-35-29)19-27(28)32(42)39-17-15-38(16-18-39)30(40)21-37-13-9-24(10-14-37)43-23-7-11-34-12-8-23;1-2/h1-6,19,23-24,34H,7-18,20-21H2,(H,36,41);1-2H2. The number of hydrogen-bond acceptors (Lipinski definition) is 7. The molecule has 3 aliphatic heterocycles. The minimum Gasteiger partial charge on any atom is -0.375 e. The lowest BCUT2D eigenvalue weighted by Gasteiger charge is -2.38. The molecule has 2 aromatic carbocycles. The lowest BCUT2D eigenvalue weighted by atomic mass is 10.0. The Morgan fingerprint density at radius 3 is 2.24 bits per heavy atom. The quantitative estimate of drug-likeness (QED) is 0.392. The number of carbonyl (C=O) groups excluding carboxylic acids is 2. The first-order valence-corrected chi connectivity index (χ1v) is 15.8. The highest BCUT2D eigenvalue weighted by molar-refractivity contribution is 5.95. The van der Waals surface area contributed by atoms with Crippen LogP contribution in [0.5, 0.6) is 0 Å². The summed E-state index contributed by atoms with van der Waals surface area (Å²) in [4.78, 5) is 44.2. The number of piperidine rings is 2. The largest absolute Gasteiger partial charge is 0.375 e. The minimum absolute atomic E-state index is 0.000543. The highest BCUT2D eigenvalue weighted by Crippen LogP contribution is 2.21. The number of aromatic amines is 1. The molecule has 3 fully saturated rings. The van der Waals surface area contributed by atoms with Gasteiger partial charge in [-0.1, -0.05) is 24.3 Å². The average molecular weight is 619 g/mol. The van der Waals surface area contributed by atoms with Crippen LogP contribution in [0.1, 0.15) is 47.3 Å². The third kappa shape index (κ3) is 8.02. The fourth-order valence-electron chi connectivity index (χ4n) is 6.37. The average Bonchev–Trinajstić information content (AvgIpc) is 3.09. The summed E-state index contributed by atoms with van der Waals surface area (Å²) >= 11 is 0. The van der Waals surface area contributed by atoms with Crippen LogP contribution in [0.2, 0.25) is 0 Å². The predicted octanol–water partition coefficient (Wildman–Crippen LogP) is 2.97. The normalized spacial score (nSPS) is 18.4. The van der Waals surface area contributed by atoms with Gasteiger partial charge in [0.05, 0.1) is 35.4 Å². The van der Waals surface area contributed by atoms with Crippen LogP contribution in [0, 0.1) is 5.82 Å². The molecule has 240 valence electrons. The van der Waals surface area contributed by atoms with E-state index >= 15 is 0 Å². The first-order valence-electron chi connectivity index (χ1n) is 15.8. The maximum atomic E-state index is 14.9. The molecule has 11 heteroatoms. The predicted molar refractivity (Wildman–Crippen MR) is 172 cm³/mol. The summed E-state index contributed by atoms with van der Waals surface area (Å²) in [6.45, 7) is 11.7. The van der Waals surface area contributed by atoms with Gasteiger partial charge in [-0.15, -0.1) is 13.2 Å². The zero-order chi connectivity index (χ0) is 31.8. The van der Waals surface area contributed by atoms with Crippen molar-refractivity contribution in [3.05, 3.63) is 88.6 Å². The van der Waals surface area contributed by atoms with Crippen molar-refractivity contribution in [1.29, 1.82) is 0 Å². The second-order valence-electron chi connectivity index (χ2n) is 11.8. The Balaban J connectivity index is 0.00000196. The van der Waals surface area contributed by atoms with Crippen LogP contribution in [0.3, 0.4) is 0 Å². The van der Waals surface area contributed by atoms with Crippen molar-refractivity contribution >= 4 is 22.6 Å². The number of nitrogens with zero attached hydrogens (tertiary/aromatic N) is 4. The van der Waals surface area contributed by atoms with Gasteiger partial charge in [0.1, 0.15) is 5.82 Å². The van der Waals surface area contributed by atoms with Crippen LogP contribution in [-0.2, 0) is 16.0 Å². The van der Waals surface area contributed by atoms with E-state index in [-0.39, 0.29) is 29.0 Å². The van der Waals surface area contributed by atoms with Gasteiger partial charge < -0.3 is 19.9 Å². The second kappa shape index (κ2) is 15.4. The van der Waals surface area contributed by atoms with E-state index in [1.807, 2.05) is 12.1 Å². The Kier molecular flexibility index (Phi) is 11.1. The molecule has 10 nitrogen and oxygen atoms in total. The molecule has 3 aliphatic rings. The van der Waals surface area contributed by atoms with Crippen LogP contribution in [0.4, 0.5) is 4.39 Å². The van der Waals surface area contributed by atoms with E-state index in [0.717, 1.165) is 57.2 Å². The van der Waals surface area contributed by atoms with E-state index in [4.69, 9.17) is 4.74 Å². The highest BCUT2D eigenvalue weighted by atomic mass is 19.1. The molecule has 0 radical (unpaired) electrons. The van der Waals surface area contributed by atoms with Crippen LogP contribution < -0.4 is 10.9 Å². The molecule has 0 aliphatic carbocycles. The SMILES string of the molecule is C=C.O=C(CN1CCC(OC2CCNCC2)CC1)N1CCN(C(=O)c2cc(Cc3n[nH]c(=O)c4ccccc34)ccc2F)CC1. The fourth-order valence-corrected chi connectivity index (χ4v) is 6.37. The summed E-state index contributed by atoms with van der Waals surface area (Å²) < 4.78 is 21.1. The van der Waals surface area contributed by atoms with Crippen molar-refractivity contribution in [2.45, 2.75) is 44.3 Å². The first-order chi connectivity index (χ1) is 21.9. The Hall–Kier alpha value is -3.93. The van der Waals surface area contributed by atoms with Gasteiger partial charge in [-0.2, -0.15) is 5.10 Å². The number of rotatable bonds is 7. The van der Waals surface area contributed by atoms with E-state index in [0.29, 0.717) is 61.9 Å². The van der Waals surface area contributed by atoms with Crippen LogP contribution in [0.25, 0.3) is 10.8 Å². The maximum absolute atomic E-state index is 14.9. The van der Waals surface area contributed by atoms with Crippen molar-refractivity contribution < 1.29 is 18.7 Å². The minimum atomic E-state index is -0.584. The number of benzene rings is 2. The Morgan fingerprint density at radius 1 is 0.889 bits per heavy atom. The topological polar surface area (TPSA) is 111 Å². The molecule has 0 unspecified atom stereocenters. The number of H-pyrrole nitrogens is 1. The Morgan fingerprint density at radius 2 is 1.53 bits per heavy atom. The molecular formula is C34H43FN6O4. The highest BCUT2D eigenvalue weighted by Gasteiger charge is 2.29. The van der Waals surface area contributed by atoms with Crippen molar-refractivity contribution in [2.75, 3.05) is 58.9 Å². The number of ether oxygens (including phenoxy) is 1. The van der Waals surface area contributed by atoms with Gasteiger partial charge in [0.2, 0.25) is 5.91 Å². The smallest absolute Gasteiger partial charge is 0.272 e. The summed E-state index contributed by atoms with van der Waals surface area (Å²) in [6.07, 6.45) is 4.98. The fraction of sp³-hybridized carbons (Fsp3) is 0.471. The van der Waals surface area contributed by atoms with Crippen molar-refractivity contribution in [2.24, 2.45) is 0 Å². The Labute approximate surface area is 263 Å². The van der Waals surface area contributed by atoms with Crippen LogP contribution in [-0.4, -0.2) is 108 Å². The molecule has 2 amide bonds. The number of piperazine rings is 1. The van der Waals surface area contributed by atoms with E-state index in [9.17, 15) is 18.8 Å². The second-order valence-corrected chi connectivity index (χ2v) is 11.8. The van der Waals surface area contributed by atoms with Gasteiger partial charge in [0, 0.05) is 51.1 Å². The summed E-state index contributed by atoms with van der Waals surface area (Å²) in [5.41, 5.74) is 1.09. The van der Waals surface area contributed by atoms with Crippen molar-refractivity contribution in [3.63, 3.8) is 0 Å². The van der Waals surface area contributed by atoms with Gasteiger partial charge >= 0.3 is 0 Å². The van der Waals surface area contributed by atoms with Crippen molar-refractivity contribution in [1.82, 2.24) is 30.2 Å². The summed E-state index contributed by atoms with van der Waals surface area (Å²) in [5.74, 6) is -0.903. The Bertz CT molecular complexity index is 1520. The lowest BCUT2D eigenvalue weighted by molar-refractivity contribution is -0.135. The molecule has 3 saturated heterocycles. The number of nitrogens with one attached hydrogen (secondary N) is 2. The van der Waals surface area contributed by atoms with Gasteiger partial charge in [-0.3, -0.25) is 19.3 Å². The van der Waals surface area contributed by atoms with E-state index in [2.05, 4.69) is 33.6 Å². The zero-order valence-corrected chi connectivity index (χ0v) is 25.8. The van der Waals surface area contributed by atoms with E-state index in [1.54, 1.807) is 34.1 Å². The number of aromatic nitrogens is 2. The molecule has 6 rings (SSSR count). The first kappa shape index (κ1) is 32.5. The van der Waals surface area contributed by atoms with Crippen LogP contribution >= 0.6 is 0 Å². The summed E-state index contributed by atoms with van der Waals surface area (Å²) in [7, 11) is 0. The number of amides is 2. The van der Waals surface area contributed by atoms with Gasteiger partial charge in [0.25, 0.3) is 11.5 Å². The third-order valence-corrected chi connectivity index (χ3v) is 8.89. The molecule has 45 heavy (non-hydrogen) atoms. The van der Waals surface area contributed by atoms with Gasteiger partial charge in [0.15, 0.2) is 0 Å². The molecular weight excluding hydrogens is 575 g/mol. The molecule has 2 N–H and O–H groups in total. The number of hydrogen-bond donors (Lipinski definition) is 2. The molecule has 4 heterocycles. The zero-order valence-electron chi connectivity index (χ0n) is 25.8. The number of fused-ring (bicyclic) bond motifs is 1. The third-order valence-electron chi connectivity index (χ3n) is 8.89. The van der Waals surface area contributed by atoms with E-state index < -0.39 is 5.82 Å². The van der Waals surface area contributed by atoms with Gasteiger partial charge in [-0.25, -0.2) is 9.49 Å². The molecule has 3 aromatic rings. The van der Waals surface area contributed by atoms with Crippen LogP contribution in [0.15, 0.2) is 60.4 Å². The van der Waals surface area contributed by atoms with Crippen molar-refractivity contribution in [3.8, 4) is 0 Å². The van der Waals surface area contributed by atoms with Gasteiger partial charge in [-0.05, 0) is 62.5 Å². The molecule has 0 atom stereocenters. The number of carbonyl (C=O) groups is 2. The maximum Gasteiger partial charge on any atom is 0.272 e. The number of halogens is 1. The monoisotopic (exact) mass is 618 g/mol. The summed E-state index contributed by atoms with van der Waals surface area (Å²) in [6, 6.07) is 11.7. The molecule has 1 aromatic heterocycles. The molecule has 0 spiro atoms.